The molecule has 0 aliphatic rings. The summed E-state index contributed by atoms with van der Waals surface area (Å²) in [5.41, 5.74) is 3.02. The lowest BCUT2D eigenvalue weighted by Gasteiger charge is -2.17. The van der Waals surface area contributed by atoms with Gasteiger partial charge in [0.2, 0.25) is 0 Å². The number of rotatable bonds is 5. The van der Waals surface area contributed by atoms with Gasteiger partial charge in [-0.25, -0.2) is 0 Å². The molecule has 2 aromatic rings. The Morgan fingerprint density at radius 2 is 2.00 bits per heavy atom. The van der Waals surface area contributed by atoms with Crippen molar-refractivity contribution in [1.29, 1.82) is 0 Å². The van der Waals surface area contributed by atoms with Crippen LogP contribution < -0.4 is 5.32 Å². The molecule has 0 saturated carbocycles. The van der Waals surface area contributed by atoms with Gasteiger partial charge in [0.15, 0.2) is 0 Å². The van der Waals surface area contributed by atoms with E-state index >= 15 is 0 Å². The van der Waals surface area contributed by atoms with Gasteiger partial charge in [0.05, 0.1) is 23.7 Å². The molecule has 0 fully saturated rings. The second kappa shape index (κ2) is 5.70. The van der Waals surface area contributed by atoms with E-state index in [-0.39, 0.29) is 6.04 Å². The van der Waals surface area contributed by atoms with Crippen molar-refractivity contribution in [2.24, 2.45) is 0 Å². The predicted octanol–water partition coefficient (Wildman–Crippen LogP) is 1.93. The van der Waals surface area contributed by atoms with E-state index in [1.165, 1.54) is 5.56 Å². The Balaban J connectivity index is 2.32. The number of fused-ring (bicyclic) bond motifs is 1. The first-order chi connectivity index (χ1) is 8.35. The van der Waals surface area contributed by atoms with Gasteiger partial charge in [-0.1, -0.05) is 13.0 Å². The molecule has 1 heterocycles. The van der Waals surface area contributed by atoms with Gasteiger partial charge >= 0.3 is 0 Å². The number of nitrogens with one attached hydrogen (secondary N) is 1. The lowest BCUT2D eigenvalue weighted by atomic mass is 10.1. The van der Waals surface area contributed by atoms with Crippen LogP contribution >= 0.6 is 0 Å². The second-order valence-corrected chi connectivity index (χ2v) is 3.87. The Labute approximate surface area is 101 Å². The molecule has 0 bridgehead atoms. The van der Waals surface area contributed by atoms with E-state index < -0.39 is 0 Å². The topological polar surface area (TPSA) is 47.0 Å². The molecule has 1 N–H and O–H groups in total. The van der Waals surface area contributed by atoms with Crippen molar-refractivity contribution in [3.8, 4) is 0 Å². The molecule has 4 heteroatoms. The van der Waals surface area contributed by atoms with Crippen molar-refractivity contribution < 1.29 is 4.74 Å². The molecule has 0 amide bonds. The summed E-state index contributed by atoms with van der Waals surface area (Å²) in [6.07, 6.45) is 3.42. The SMILES string of the molecule is CCNC(COC)c1ccc2nccnc2c1. The molecular formula is C13H17N3O. The van der Waals surface area contributed by atoms with Gasteiger partial charge in [-0.3, -0.25) is 9.97 Å². The van der Waals surface area contributed by atoms with Crippen LogP contribution in [0.4, 0.5) is 0 Å². The molecule has 1 aromatic carbocycles. The number of hydrogen-bond acceptors (Lipinski definition) is 4. The van der Waals surface area contributed by atoms with Crippen molar-refractivity contribution in [2.45, 2.75) is 13.0 Å². The smallest absolute Gasteiger partial charge is 0.0890 e. The highest BCUT2D eigenvalue weighted by atomic mass is 16.5. The van der Waals surface area contributed by atoms with Crippen molar-refractivity contribution in [2.75, 3.05) is 20.3 Å². The van der Waals surface area contributed by atoms with E-state index in [0.29, 0.717) is 6.61 Å². The summed E-state index contributed by atoms with van der Waals surface area (Å²) in [4.78, 5) is 8.57. The molecule has 1 unspecified atom stereocenters. The third kappa shape index (κ3) is 2.78. The number of aromatic nitrogens is 2. The number of ether oxygens (including phenoxy) is 1. The summed E-state index contributed by atoms with van der Waals surface area (Å²) in [7, 11) is 1.71. The van der Waals surface area contributed by atoms with E-state index in [2.05, 4.69) is 34.3 Å². The summed E-state index contributed by atoms with van der Waals surface area (Å²) in [5.74, 6) is 0. The van der Waals surface area contributed by atoms with E-state index in [1.807, 2.05) is 6.07 Å². The monoisotopic (exact) mass is 231 g/mol. The van der Waals surface area contributed by atoms with Gasteiger partial charge in [0.1, 0.15) is 0 Å². The Kier molecular flexibility index (Phi) is 4.01. The minimum Gasteiger partial charge on any atom is -0.383 e. The Morgan fingerprint density at radius 3 is 2.71 bits per heavy atom. The molecule has 90 valence electrons. The van der Waals surface area contributed by atoms with Crippen LogP contribution in [0.5, 0.6) is 0 Å². The quantitative estimate of drug-likeness (QED) is 0.854. The number of methoxy groups -OCH3 is 1. The fourth-order valence-corrected chi connectivity index (χ4v) is 1.88. The first kappa shape index (κ1) is 12.0. The highest BCUT2D eigenvalue weighted by molar-refractivity contribution is 5.74. The van der Waals surface area contributed by atoms with E-state index in [4.69, 9.17) is 4.74 Å². The van der Waals surface area contributed by atoms with Crippen molar-refractivity contribution >= 4 is 11.0 Å². The fourth-order valence-electron chi connectivity index (χ4n) is 1.88. The van der Waals surface area contributed by atoms with Crippen LogP contribution in [0, 0.1) is 0 Å². The predicted molar refractivity (Wildman–Crippen MR) is 67.8 cm³/mol. The fraction of sp³-hybridized carbons (Fsp3) is 0.385. The minimum atomic E-state index is 0.205. The Hall–Kier alpha value is -1.52. The lowest BCUT2D eigenvalue weighted by molar-refractivity contribution is 0.168. The largest absolute Gasteiger partial charge is 0.383 e. The third-order valence-corrected chi connectivity index (χ3v) is 2.68. The molecule has 1 aromatic heterocycles. The zero-order chi connectivity index (χ0) is 12.1. The maximum Gasteiger partial charge on any atom is 0.0890 e. The Bertz CT molecular complexity index is 481. The molecule has 1 atom stereocenters. The first-order valence-electron chi connectivity index (χ1n) is 5.78. The van der Waals surface area contributed by atoms with Gasteiger partial charge in [-0.15, -0.1) is 0 Å². The maximum atomic E-state index is 5.22. The van der Waals surface area contributed by atoms with E-state index in [1.54, 1.807) is 19.5 Å². The summed E-state index contributed by atoms with van der Waals surface area (Å²) in [6, 6.07) is 6.34. The molecule has 0 aliphatic heterocycles. The number of benzene rings is 1. The number of nitrogens with zero attached hydrogens (tertiary/aromatic N) is 2. The molecule has 0 saturated heterocycles. The van der Waals surface area contributed by atoms with Crippen molar-refractivity contribution in [3.63, 3.8) is 0 Å². The molecule has 4 nitrogen and oxygen atoms in total. The van der Waals surface area contributed by atoms with Gasteiger partial charge in [-0.2, -0.15) is 0 Å². The standard InChI is InChI=1S/C13H17N3O/c1-3-14-13(9-17-2)10-4-5-11-12(8-10)16-7-6-15-11/h4-8,13-14H,3,9H2,1-2H3. The minimum absolute atomic E-state index is 0.205. The van der Waals surface area contributed by atoms with Crippen LogP contribution in [0.3, 0.4) is 0 Å². The van der Waals surface area contributed by atoms with E-state index in [0.717, 1.165) is 17.6 Å². The van der Waals surface area contributed by atoms with Crippen LogP contribution in [-0.2, 0) is 4.74 Å². The van der Waals surface area contributed by atoms with E-state index in [9.17, 15) is 0 Å². The zero-order valence-corrected chi connectivity index (χ0v) is 10.2. The van der Waals surface area contributed by atoms with Crippen molar-refractivity contribution in [1.82, 2.24) is 15.3 Å². The lowest BCUT2D eigenvalue weighted by Crippen LogP contribution is -2.24. The maximum absolute atomic E-state index is 5.22. The average Bonchev–Trinajstić information content (AvgIpc) is 2.38. The Morgan fingerprint density at radius 1 is 1.24 bits per heavy atom. The van der Waals surface area contributed by atoms with Crippen LogP contribution in [0.15, 0.2) is 30.6 Å². The van der Waals surface area contributed by atoms with Gasteiger partial charge < -0.3 is 10.1 Å². The summed E-state index contributed by atoms with van der Waals surface area (Å²) >= 11 is 0. The molecular weight excluding hydrogens is 214 g/mol. The first-order valence-corrected chi connectivity index (χ1v) is 5.78. The van der Waals surface area contributed by atoms with Crippen LogP contribution in [0.1, 0.15) is 18.5 Å². The number of likely N-dealkylation sites (N-methyl/N-ethyl adjacent to an activating group) is 1. The summed E-state index contributed by atoms with van der Waals surface area (Å²) in [5, 5.41) is 3.39. The molecule has 17 heavy (non-hydrogen) atoms. The van der Waals surface area contributed by atoms with Gasteiger partial charge in [0, 0.05) is 19.5 Å². The average molecular weight is 231 g/mol. The van der Waals surface area contributed by atoms with Gasteiger partial charge in [-0.05, 0) is 24.2 Å². The molecule has 0 radical (unpaired) electrons. The second-order valence-electron chi connectivity index (χ2n) is 3.87. The van der Waals surface area contributed by atoms with Crippen LogP contribution in [-0.4, -0.2) is 30.2 Å². The third-order valence-electron chi connectivity index (χ3n) is 2.68. The van der Waals surface area contributed by atoms with Crippen LogP contribution in [0.2, 0.25) is 0 Å². The zero-order valence-electron chi connectivity index (χ0n) is 10.2. The highest BCUT2D eigenvalue weighted by Gasteiger charge is 2.10. The summed E-state index contributed by atoms with van der Waals surface area (Å²) < 4.78 is 5.22. The summed E-state index contributed by atoms with van der Waals surface area (Å²) in [6.45, 7) is 3.65. The molecule has 0 aliphatic carbocycles. The van der Waals surface area contributed by atoms with Crippen molar-refractivity contribution in [3.05, 3.63) is 36.2 Å². The molecule has 2 rings (SSSR count). The molecule has 0 spiro atoms. The normalized spacial score (nSPS) is 12.8. The highest BCUT2D eigenvalue weighted by Crippen LogP contribution is 2.17. The number of hydrogen-bond donors (Lipinski definition) is 1. The van der Waals surface area contributed by atoms with Gasteiger partial charge in [0.25, 0.3) is 0 Å². The van der Waals surface area contributed by atoms with Crippen LogP contribution in [0.25, 0.3) is 11.0 Å².